The summed E-state index contributed by atoms with van der Waals surface area (Å²) in [5.74, 6) is -0.158. The minimum Gasteiger partial charge on any atom is -0.384 e. The third-order valence-electron chi connectivity index (χ3n) is 2.05. The largest absolute Gasteiger partial charge is 0.384 e. The smallest absolute Gasteiger partial charge is 0.269 e. The SMILES string of the molecule is COCC(Br)CCNC(=O)c1ccc(Br)cn1. The molecule has 1 rings (SSSR count). The summed E-state index contributed by atoms with van der Waals surface area (Å²) >= 11 is 6.73. The Balaban J connectivity index is 2.32. The van der Waals surface area contributed by atoms with E-state index >= 15 is 0 Å². The Labute approximate surface area is 117 Å². The Kier molecular flexibility index (Phi) is 6.69. The summed E-state index contributed by atoms with van der Waals surface area (Å²) in [5, 5.41) is 2.81. The monoisotopic (exact) mass is 364 g/mol. The second-order valence-electron chi connectivity index (χ2n) is 3.46. The molecule has 94 valence electrons. The van der Waals surface area contributed by atoms with Gasteiger partial charge in [-0.2, -0.15) is 0 Å². The molecule has 0 aromatic carbocycles. The molecule has 0 bridgehead atoms. The van der Waals surface area contributed by atoms with Gasteiger partial charge in [0.1, 0.15) is 5.69 Å². The van der Waals surface area contributed by atoms with Crippen molar-refractivity contribution in [2.45, 2.75) is 11.2 Å². The average Bonchev–Trinajstić information content (AvgIpc) is 2.30. The molecule has 0 aliphatic rings. The number of rotatable bonds is 6. The molecule has 1 amide bonds. The number of aromatic nitrogens is 1. The Morgan fingerprint density at radius 2 is 2.35 bits per heavy atom. The Hall–Kier alpha value is -0.460. The van der Waals surface area contributed by atoms with Crippen LogP contribution >= 0.6 is 31.9 Å². The van der Waals surface area contributed by atoms with Gasteiger partial charge >= 0.3 is 0 Å². The molecule has 4 nitrogen and oxygen atoms in total. The van der Waals surface area contributed by atoms with Crippen molar-refractivity contribution in [1.82, 2.24) is 10.3 Å². The number of amides is 1. The van der Waals surface area contributed by atoms with Crippen LogP contribution in [0.5, 0.6) is 0 Å². The van der Waals surface area contributed by atoms with E-state index in [9.17, 15) is 4.79 Å². The fourth-order valence-corrected chi connectivity index (χ4v) is 1.93. The highest BCUT2D eigenvalue weighted by molar-refractivity contribution is 9.10. The Morgan fingerprint density at radius 3 is 2.94 bits per heavy atom. The van der Waals surface area contributed by atoms with Crippen LogP contribution in [0.2, 0.25) is 0 Å². The van der Waals surface area contributed by atoms with Gasteiger partial charge in [0.05, 0.1) is 6.61 Å². The number of hydrogen-bond acceptors (Lipinski definition) is 3. The lowest BCUT2D eigenvalue weighted by atomic mass is 10.3. The number of pyridine rings is 1. The molecule has 0 spiro atoms. The second-order valence-corrected chi connectivity index (χ2v) is 5.67. The summed E-state index contributed by atoms with van der Waals surface area (Å²) in [5.41, 5.74) is 0.422. The predicted octanol–water partition coefficient (Wildman–Crippen LogP) is 2.37. The molecule has 0 aliphatic heterocycles. The maximum Gasteiger partial charge on any atom is 0.269 e. The van der Waals surface area contributed by atoms with Gasteiger partial charge in [-0.3, -0.25) is 4.79 Å². The number of carbonyl (C=O) groups excluding carboxylic acids is 1. The van der Waals surface area contributed by atoms with Crippen LogP contribution in [0.25, 0.3) is 0 Å². The predicted molar refractivity (Wildman–Crippen MR) is 73.5 cm³/mol. The molecule has 0 fully saturated rings. The molecule has 1 aromatic heterocycles. The zero-order valence-electron chi connectivity index (χ0n) is 9.45. The van der Waals surface area contributed by atoms with Crippen LogP contribution < -0.4 is 5.32 Å². The molecule has 1 unspecified atom stereocenters. The summed E-state index contributed by atoms with van der Waals surface area (Å²) < 4.78 is 5.84. The van der Waals surface area contributed by atoms with Crippen molar-refractivity contribution in [3.05, 3.63) is 28.5 Å². The normalized spacial score (nSPS) is 12.2. The fourth-order valence-electron chi connectivity index (χ4n) is 1.21. The highest BCUT2D eigenvalue weighted by Gasteiger charge is 2.08. The summed E-state index contributed by atoms with van der Waals surface area (Å²) in [6.07, 6.45) is 2.42. The number of nitrogens with one attached hydrogen (secondary N) is 1. The van der Waals surface area contributed by atoms with Gasteiger partial charge < -0.3 is 10.1 Å². The molecule has 0 aliphatic carbocycles. The Bertz CT molecular complexity index is 357. The van der Waals surface area contributed by atoms with Crippen molar-refractivity contribution < 1.29 is 9.53 Å². The van der Waals surface area contributed by atoms with Crippen molar-refractivity contribution in [3.63, 3.8) is 0 Å². The van der Waals surface area contributed by atoms with Gasteiger partial charge in [0.15, 0.2) is 0 Å². The standard InChI is InChI=1S/C11H14Br2N2O2/c1-17-7-9(13)4-5-14-11(16)10-3-2-8(12)6-15-10/h2-3,6,9H,4-5,7H2,1H3,(H,14,16). The van der Waals surface area contributed by atoms with Gasteiger partial charge in [0.25, 0.3) is 5.91 Å². The molecule has 0 radical (unpaired) electrons. The number of alkyl halides is 1. The van der Waals surface area contributed by atoms with E-state index in [1.54, 1.807) is 25.4 Å². The first-order valence-electron chi connectivity index (χ1n) is 5.16. The molecule has 1 aromatic rings. The number of halogens is 2. The van der Waals surface area contributed by atoms with Gasteiger partial charge in [-0.1, -0.05) is 15.9 Å². The summed E-state index contributed by atoms with van der Waals surface area (Å²) in [6.45, 7) is 1.22. The molecule has 0 saturated heterocycles. The summed E-state index contributed by atoms with van der Waals surface area (Å²) in [4.78, 5) is 15.9. The topological polar surface area (TPSA) is 51.2 Å². The highest BCUT2D eigenvalue weighted by Crippen LogP contribution is 2.07. The number of methoxy groups -OCH3 is 1. The van der Waals surface area contributed by atoms with Gasteiger partial charge in [-0.15, -0.1) is 0 Å². The maximum absolute atomic E-state index is 11.7. The zero-order chi connectivity index (χ0) is 12.7. The lowest BCUT2D eigenvalue weighted by molar-refractivity contribution is 0.0947. The number of ether oxygens (including phenoxy) is 1. The zero-order valence-corrected chi connectivity index (χ0v) is 12.6. The van der Waals surface area contributed by atoms with Gasteiger partial charge in [0, 0.05) is 29.2 Å². The van der Waals surface area contributed by atoms with E-state index in [0.29, 0.717) is 18.8 Å². The van der Waals surface area contributed by atoms with Crippen LogP contribution in [0, 0.1) is 0 Å². The van der Waals surface area contributed by atoms with Crippen LogP contribution in [-0.2, 0) is 4.74 Å². The summed E-state index contributed by atoms with van der Waals surface area (Å²) in [7, 11) is 1.65. The second kappa shape index (κ2) is 7.79. The van der Waals surface area contributed by atoms with Crippen molar-refractivity contribution in [3.8, 4) is 0 Å². The molecular formula is C11H14Br2N2O2. The lowest BCUT2D eigenvalue weighted by Gasteiger charge is -2.09. The molecule has 17 heavy (non-hydrogen) atoms. The van der Waals surface area contributed by atoms with Gasteiger partial charge in [0.2, 0.25) is 0 Å². The number of nitrogens with zero attached hydrogens (tertiary/aromatic N) is 1. The molecular weight excluding hydrogens is 352 g/mol. The maximum atomic E-state index is 11.7. The van der Waals surface area contributed by atoms with E-state index < -0.39 is 0 Å². The molecule has 1 atom stereocenters. The quantitative estimate of drug-likeness (QED) is 0.787. The minimum atomic E-state index is -0.158. The third kappa shape index (κ3) is 5.61. The van der Waals surface area contributed by atoms with Gasteiger partial charge in [-0.25, -0.2) is 4.98 Å². The first kappa shape index (κ1) is 14.6. The van der Waals surface area contributed by atoms with E-state index in [4.69, 9.17) is 4.74 Å². The lowest BCUT2D eigenvalue weighted by Crippen LogP contribution is -2.27. The number of hydrogen-bond donors (Lipinski definition) is 1. The molecule has 1 N–H and O–H groups in total. The van der Waals surface area contributed by atoms with Crippen LogP contribution in [0.15, 0.2) is 22.8 Å². The first-order chi connectivity index (χ1) is 8.13. The average molecular weight is 366 g/mol. The van der Waals surface area contributed by atoms with E-state index in [2.05, 4.69) is 42.2 Å². The van der Waals surface area contributed by atoms with Gasteiger partial charge in [-0.05, 0) is 34.5 Å². The van der Waals surface area contributed by atoms with Crippen molar-refractivity contribution >= 4 is 37.8 Å². The molecule has 6 heteroatoms. The van der Waals surface area contributed by atoms with Crippen molar-refractivity contribution in [1.29, 1.82) is 0 Å². The van der Waals surface area contributed by atoms with Crippen LogP contribution in [-0.4, -0.2) is 36.0 Å². The van der Waals surface area contributed by atoms with Crippen LogP contribution in [0.3, 0.4) is 0 Å². The Morgan fingerprint density at radius 1 is 1.59 bits per heavy atom. The fraction of sp³-hybridized carbons (Fsp3) is 0.455. The highest BCUT2D eigenvalue weighted by atomic mass is 79.9. The van der Waals surface area contributed by atoms with E-state index in [1.165, 1.54) is 0 Å². The van der Waals surface area contributed by atoms with E-state index in [0.717, 1.165) is 10.9 Å². The molecule has 1 heterocycles. The van der Waals surface area contributed by atoms with Crippen molar-refractivity contribution in [2.24, 2.45) is 0 Å². The van der Waals surface area contributed by atoms with Crippen LogP contribution in [0.4, 0.5) is 0 Å². The van der Waals surface area contributed by atoms with E-state index in [1.807, 2.05) is 0 Å². The molecule has 0 saturated carbocycles. The number of carbonyl (C=O) groups is 1. The third-order valence-corrected chi connectivity index (χ3v) is 3.24. The first-order valence-corrected chi connectivity index (χ1v) is 6.87. The van der Waals surface area contributed by atoms with Crippen molar-refractivity contribution in [2.75, 3.05) is 20.3 Å². The minimum absolute atomic E-state index is 0.158. The summed E-state index contributed by atoms with van der Waals surface area (Å²) in [6, 6.07) is 3.47. The van der Waals surface area contributed by atoms with Crippen LogP contribution in [0.1, 0.15) is 16.9 Å². The van der Waals surface area contributed by atoms with E-state index in [-0.39, 0.29) is 10.7 Å².